The number of hydrogen-bond donors (Lipinski definition) is 5. The van der Waals surface area contributed by atoms with Crippen LogP contribution in [0.1, 0.15) is 24.6 Å². The number of thiocarbonyl (C=S) groups is 1. The number of rotatable bonds is 10. The van der Waals surface area contributed by atoms with E-state index < -0.39 is 36.4 Å². The molecule has 13 heteroatoms. The van der Waals surface area contributed by atoms with E-state index >= 15 is 0 Å². The van der Waals surface area contributed by atoms with E-state index in [4.69, 9.17) is 37.4 Å². The standard InChI is InChI=1S/C14H22N4OS.C6H8O7/c1-17(2)13(12-5-3-4-6-15-12)14(20)16-11-18-7-9-19-10-8-18;7-3(8)1-6(13,5(11)12)2-4(9)10/h3-6,13H,7-11H2,1-2H3,(H,16,20);13H,1-2H2,(H,7,8)(H,9,10)(H,11,12). The Hall–Kier alpha value is -2.71. The van der Waals surface area contributed by atoms with Gasteiger partial charge in [0, 0.05) is 19.3 Å². The van der Waals surface area contributed by atoms with Crippen molar-refractivity contribution < 1.29 is 39.5 Å². The van der Waals surface area contributed by atoms with E-state index in [9.17, 15) is 14.4 Å². The lowest BCUT2D eigenvalue weighted by molar-refractivity contribution is -0.170. The van der Waals surface area contributed by atoms with Crippen molar-refractivity contribution in [1.29, 1.82) is 0 Å². The van der Waals surface area contributed by atoms with Crippen molar-refractivity contribution in [3.05, 3.63) is 30.1 Å². The van der Waals surface area contributed by atoms with Crippen molar-refractivity contribution >= 4 is 35.1 Å². The van der Waals surface area contributed by atoms with Gasteiger partial charge in [-0.3, -0.25) is 24.4 Å². The SMILES string of the molecule is CN(C)C(C(=S)NCN1CCOCC1)c1ccccn1.O=C(O)CC(O)(CC(=O)O)C(=O)O. The van der Waals surface area contributed by atoms with Crippen molar-refractivity contribution in [3.8, 4) is 0 Å². The normalized spacial score (nSPS) is 15.2. The Morgan fingerprint density at radius 1 is 1.18 bits per heavy atom. The first kappa shape index (κ1) is 28.3. The molecule has 0 radical (unpaired) electrons. The zero-order valence-electron chi connectivity index (χ0n) is 18.5. The first-order valence-corrected chi connectivity index (χ1v) is 10.4. The molecule has 2 rings (SSSR count). The minimum atomic E-state index is -2.74. The number of likely N-dealkylation sites (N-methyl/N-ethyl adjacent to an activating group) is 1. The van der Waals surface area contributed by atoms with Crippen molar-refractivity contribution in [3.63, 3.8) is 0 Å². The summed E-state index contributed by atoms with van der Waals surface area (Å²) < 4.78 is 5.34. The zero-order chi connectivity index (χ0) is 25.0. The second kappa shape index (κ2) is 13.7. The van der Waals surface area contributed by atoms with Gasteiger partial charge in [-0.05, 0) is 26.2 Å². The molecule has 12 nitrogen and oxygen atoms in total. The highest BCUT2D eigenvalue weighted by Gasteiger charge is 2.40. The molecule has 1 atom stereocenters. The molecule has 5 N–H and O–H groups in total. The Labute approximate surface area is 196 Å². The number of hydrogen-bond acceptors (Lipinski definition) is 9. The predicted molar refractivity (Wildman–Crippen MR) is 121 cm³/mol. The second-order valence-corrected chi connectivity index (χ2v) is 7.97. The molecule has 1 aromatic rings. The molecule has 0 aliphatic carbocycles. The summed E-state index contributed by atoms with van der Waals surface area (Å²) in [6.07, 6.45) is -0.486. The number of carboxylic acids is 3. The third-order valence-electron chi connectivity index (χ3n) is 4.60. The molecule has 1 unspecified atom stereocenters. The van der Waals surface area contributed by atoms with Crippen molar-refractivity contribution in [2.24, 2.45) is 0 Å². The van der Waals surface area contributed by atoms with Gasteiger partial charge >= 0.3 is 17.9 Å². The molecule has 2 heterocycles. The Morgan fingerprint density at radius 2 is 1.76 bits per heavy atom. The molecule has 33 heavy (non-hydrogen) atoms. The Kier molecular flexibility index (Phi) is 11.8. The molecule has 0 spiro atoms. The van der Waals surface area contributed by atoms with Gasteiger partial charge in [-0.15, -0.1) is 0 Å². The molecular formula is C20H30N4O8S. The van der Waals surface area contributed by atoms with Crippen LogP contribution in [0, 0.1) is 0 Å². The number of carboxylic acid groups (broad SMARTS) is 3. The van der Waals surface area contributed by atoms with E-state index in [0.717, 1.165) is 43.7 Å². The summed E-state index contributed by atoms with van der Waals surface area (Å²) in [6.45, 7) is 4.26. The number of aliphatic carboxylic acids is 3. The topological polar surface area (TPSA) is 173 Å². The molecule has 1 aliphatic rings. The van der Waals surface area contributed by atoms with E-state index in [2.05, 4.69) is 20.1 Å². The van der Waals surface area contributed by atoms with E-state index in [1.54, 1.807) is 6.20 Å². The first-order valence-electron chi connectivity index (χ1n) is 10.0. The number of morpholine rings is 1. The van der Waals surface area contributed by atoms with Crippen LogP contribution in [0.15, 0.2) is 24.4 Å². The molecule has 0 aromatic carbocycles. The number of nitrogens with zero attached hydrogens (tertiary/aromatic N) is 3. The molecule has 184 valence electrons. The molecule has 1 saturated heterocycles. The number of ether oxygens (including phenoxy) is 1. The third kappa shape index (κ3) is 10.2. The molecule has 0 amide bonds. The van der Waals surface area contributed by atoms with Gasteiger partial charge in [0.1, 0.15) is 6.04 Å². The van der Waals surface area contributed by atoms with Gasteiger partial charge < -0.3 is 30.5 Å². The van der Waals surface area contributed by atoms with Crippen molar-refractivity contribution in [2.75, 3.05) is 47.1 Å². The Bertz CT molecular complexity index is 787. The van der Waals surface area contributed by atoms with Gasteiger partial charge in [-0.25, -0.2) is 4.79 Å². The molecule has 0 saturated carbocycles. The lowest BCUT2D eigenvalue weighted by Gasteiger charge is -2.30. The second-order valence-electron chi connectivity index (χ2n) is 7.53. The van der Waals surface area contributed by atoms with Gasteiger partial charge in [0.05, 0.1) is 43.4 Å². The summed E-state index contributed by atoms with van der Waals surface area (Å²) in [7, 11) is 4.03. The van der Waals surface area contributed by atoms with Crippen LogP contribution >= 0.6 is 12.2 Å². The largest absolute Gasteiger partial charge is 0.481 e. The number of carbonyl (C=O) groups is 3. The van der Waals surface area contributed by atoms with Crippen LogP contribution in [0.3, 0.4) is 0 Å². The van der Waals surface area contributed by atoms with E-state index in [0.29, 0.717) is 0 Å². The highest BCUT2D eigenvalue weighted by molar-refractivity contribution is 7.80. The zero-order valence-corrected chi connectivity index (χ0v) is 19.3. The maximum absolute atomic E-state index is 10.3. The smallest absolute Gasteiger partial charge is 0.336 e. The summed E-state index contributed by atoms with van der Waals surface area (Å²) in [5.41, 5.74) is -1.77. The number of pyridine rings is 1. The molecule has 1 fully saturated rings. The predicted octanol–water partition coefficient (Wildman–Crippen LogP) is -0.357. The van der Waals surface area contributed by atoms with Gasteiger partial charge in [0.15, 0.2) is 5.60 Å². The van der Waals surface area contributed by atoms with Crippen LogP contribution in [0.5, 0.6) is 0 Å². The van der Waals surface area contributed by atoms with Crippen LogP contribution in [0.4, 0.5) is 0 Å². The Balaban J connectivity index is 0.000000366. The van der Waals surface area contributed by atoms with Gasteiger partial charge in [-0.1, -0.05) is 18.3 Å². The summed E-state index contributed by atoms with van der Waals surface area (Å²) in [4.78, 5) is 40.1. The van der Waals surface area contributed by atoms with Crippen molar-refractivity contribution in [1.82, 2.24) is 20.1 Å². The lowest BCUT2D eigenvalue weighted by Crippen LogP contribution is -2.46. The summed E-state index contributed by atoms with van der Waals surface area (Å²) in [6, 6.07) is 5.92. The quantitative estimate of drug-likeness (QED) is 0.272. The van der Waals surface area contributed by atoms with E-state index in [-0.39, 0.29) is 6.04 Å². The lowest BCUT2D eigenvalue weighted by atomic mass is 9.96. The summed E-state index contributed by atoms with van der Waals surface area (Å²) in [5, 5.41) is 37.2. The monoisotopic (exact) mass is 486 g/mol. The third-order valence-corrected chi connectivity index (χ3v) is 4.97. The van der Waals surface area contributed by atoms with E-state index in [1.807, 2.05) is 32.3 Å². The van der Waals surface area contributed by atoms with Gasteiger partial charge in [0.2, 0.25) is 0 Å². The molecule has 0 bridgehead atoms. The molecule has 1 aliphatic heterocycles. The number of aromatic nitrogens is 1. The maximum Gasteiger partial charge on any atom is 0.336 e. The fraction of sp³-hybridized carbons (Fsp3) is 0.550. The summed E-state index contributed by atoms with van der Waals surface area (Å²) >= 11 is 5.55. The summed E-state index contributed by atoms with van der Waals surface area (Å²) in [5.74, 6) is -5.02. The fourth-order valence-corrected chi connectivity index (χ4v) is 3.33. The van der Waals surface area contributed by atoms with Crippen molar-refractivity contribution in [2.45, 2.75) is 24.5 Å². The molecular weight excluding hydrogens is 456 g/mol. The van der Waals surface area contributed by atoms with E-state index in [1.165, 1.54) is 0 Å². The number of nitrogens with one attached hydrogen (secondary N) is 1. The highest BCUT2D eigenvalue weighted by Crippen LogP contribution is 2.17. The number of aliphatic hydroxyl groups is 1. The Morgan fingerprint density at radius 3 is 2.18 bits per heavy atom. The minimum absolute atomic E-state index is 0.00670. The minimum Gasteiger partial charge on any atom is -0.481 e. The van der Waals surface area contributed by atoms with Crippen LogP contribution in [0.25, 0.3) is 0 Å². The first-order chi connectivity index (χ1) is 15.5. The van der Waals surface area contributed by atoms with Crippen LogP contribution < -0.4 is 5.32 Å². The average Bonchev–Trinajstić information content (AvgIpc) is 2.73. The van der Waals surface area contributed by atoms with Gasteiger partial charge in [0.25, 0.3) is 0 Å². The molecule has 1 aromatic heterocycles. The average molecular weight is 487 g/mol. The van der Waals surface area contributed by atoms with Crippen LogP contribution in [-0.2, 0) is 19.1 Å². The van der Waals surface area contributed by atoms with Gasteiger partial charge in [-0.2, -0.15) is 0 Å². The highest BCUT2D eigenvalue weighted by atomic mass is 32.1. The van der Waals surface area contributed by atoms with Crippen LogP contribution in [-0.4, -0.2) is 111 Å². The maximum atomic E-state index is 10.3. The fourth-order valence-electron chi connectivity index (χ4n) is 2.93. The van der Waals surface area contributed by atoms with Crippen LogP contribution in [0.2, 0.25) is 0 Å².